The van der Waals surface area contributed by atoms with E-state index in [1.807, 2.05) is 11.3 Å². The summed E-state index contributed by atoms with van der Waals surface area (Å²) in [4.78, 5) is 0. The van der Waals surface area contributed by atoms with Crippen LogP contribution in [0.1, 0.15) is 52.7 Å². The minimum Gasteiger partial charge on any atom is -0.309 e. The topological polar surface area (TPSA) is 9.86 Å². The normalized spacial score (nSPS) is 12.6. The molecule has 0 N–H and O–H groups in total. The predicted molar refractivity (Wildman–Crippen MR) is 256 cm³/mol. The Hall–Kier alpha value is -6.42. The lowest BCUT2D eigenvalue weighted by atomic mass is 9.85. The summed E-state index contributed by atoms with van der Waals surface area (Å²) in [6.07, 6.45) is 0. The summed E-state index contributed by atoms with van der Waals surface area (Å²) in [5.74, 6) is 0. The Balaban J connectivity index is 0.928. The first-order valence-corrected chi connectivity index (χ1v) is 21.6. The molecule has 0 bridgehead atoms. The Bertz CT molecular complexity index is 3340. The molecule has 0 aliphatic rings. The molecule has 0 atom stereocenters. The van der Waals surface area contributed by atoms with Gasteiger partial charge in [-0.3, -0.25) is 0 Å². The number of benzene rings is 8. The van der Waals surface area contributed by atoms with E-state index >= 15 is 0 Å². The van der Waals surface area contributed by atoms with E-state index in [0.717, 1.165) is 0 Å². The number of aromatic nitrogens is 2. The molecule has 11 rings (SSSR count). The molecule has 3 heteroatoms. The molecule has 0 unspecified atom stereocenters. The molecule has 59 heavy (non-hydrogen) atoms. The summed E-state index contributed by atoms with van der Waals surface area (Å²) >= 11 is 1.88. The Morgan fingerprint density at radius 2 is 0.814 bits per heavy atom. The zero-order valence-corrected chi connectivity index (χ0v) is 35.3. The number of rotatable bonds is 4. The van der Waals surface area contributed by atoms with E-state index in [-0.39, 0.29) is 10.8 Å². The maximum atomic E-state index is 2.47. The van der Waals surface area contributed by atoms with E-state index in [1.165, 1.54) is 109 Å². The summed E-state index contributed by atoms with van der Waals surface area (Å²) in [6.45, 7) is 13.8. The van der Waals surface area contributed by atoms with Crippen molar-refractivity contribution in [2.45, 2.75) is 52.4 Å². The third kappa shape index (κ3) is 5.74. The molecule has 0 amide bonds. The zero-order chi connectivity index (χ0) is 40.2. The number of fused-ring (bicyclic) bond motifs is 10. The molecule has 0 fully saturated rings. The number of para-hydroxylation sites is 1. The van der Waals surface area contributed by atoms with Gasteiger partial charge in [0.15, 0.2) is 0 Å². The highest BCUT2D eigenvalue weighted by Gasteiger charge is 2.22. The Kier molecular flexibility index (Phi) is 7.90. The Morgan fingerprint density at radius 3 is 1.36 bits per heavy atom. The van der Waals surface area contributed by atoms with Gasteiger partial charge in [-0.2, -0.15) is 0 Å². The van der Waals surface area contributed by atoms with Gasteiger partial charge in [-0.25, -0.2) is 0 Å². The number of nitrogens with zero attached hydrogens (tertiary/aromatic N) is 2. The second-order valence-electron chi connectivity index (χ2n) is 18.3. The van der Waals surface area contributed by atoms with Crippen LogP contribution in [0.3, 0.4) is 0 Å². The van der Waals surface area contributed by atoms with Crippen molar-refractivity contribution in [3.05, 3.63) is 181 Å². The van der Waals surface area contributed by atoms with Gasteiger partial charge in [0, 0.05) is 53.1 Å². The molecule has 286 valence electrons. The van der Waals surface area contributed by atoms with Crippen molar-refractivity contribution in [3.8, 4) is 33.6 Å². The van der Waals surface area contributed by atoms with Crippen LogP contribution < -0.4 is 0 Å². The summed E-state index contributed by atoms with van der Waals surface area (Å²) < 4.78 is 7.55. The summed E-state index contributed by atoms with van der Waals surface area (Å²) in [5, 5.41) is 7.87. The van der Waals surface area contributed by atoms with E-state index in [9.17, 15) is 0 Å². The lowest BCUT2D eigenvalue weighted by Gasteiger charge is -2.19. The van der Waals surface area contributed by atoms with E-state index in [1.54, 1.807) is 0 Å². The number of hydrogen-bond acceptors (Lipinski definition) is 1. The Morgan fingerprint density at radius 1 is 0.356 bits per heavy atom. The molecular formula is C56H46N2S. The third-order valence-electron chi connectivity index (χ3n) is 12.5. The van der Waals surface area contributed by atoms with E-state index in [2.05, 4.69) is 221 Å². The average molecular weight is 779 g/mol. The van der Waals surface area contributed by atoms with Crippen LogP contribution in [-0.4, -0.2) is 9.13 Å². The summed E-state index contributed by atoms with van der Waals surface area (Å²) in [7, 11) is 0. The van der Waals surface area contributed by atoms with Crippen LogP contribution in [0.4, 0.5) is 0 Å². The fourth-order valence-electron chi connectivity index (χ4n) is 9.23. The number of thiophene rings is 1. The maximum absolute atomic E-state index is 2.47. The van der Waals surface area contributed by atoms with Gasteiger partial charge < -0.3 is 9.13 Å². The quantitative estimate of drug-likeness (QED) is 0.168. The SMILES string of the molecule is CC(C)(C)c1ccc2c(c1)c1cc(C(C)(C)C)ccc1n2-c1ccc(-c2ccc(-c3ccc(-n4c5ccccc5c5ccc6sc7ccccc7c6c54)cc3)cc2)cc1. The van der Waals surface area contributed by atoms with Gasteiger partial charge in [0.2, 0.25) is 0 Å². The third-order valence-corrected chi connectivity index (χ3v) is 13.6. The molecule has 0 aliphatic heterocycles. The van der Waals surface area contributed by atoms with Crippen molar-refractivity contribution in [3.63, 3.8) is 0 Å². The maximum Gasteiger partial charge on any atom is 0.0634 e. The highest BCUT2D eigenvalue weighted by Crippen LogP contribution is 2.43. The largest absolute Gasteiger partial charge is 0.309 e. The zero-order valence-electron chi connectivity index (χ0n) is 34.5. The molecule has 3 aromatic heterocycles. The van der Waals surface area contributed by atoms with Crippen LogP contribution in [0.25, 0.3) is 97.4 Å². The van der Waals surface area contributed by atoms with Gasteiger partial charge in [-0.15, -0.1) is 11.3 Å². The van der Waals surface area contributed by atoms with Crippen molar-refractivity contribution in [2.24, 2.45) is 0 Å². The first-order chi connectivity index (χ1) is 28.5. The lowest BCUT2D eigenvalue weighted by molar-refractivity contribution is 0.590. The molecular weight excluding hydrogens is 733 g/mol. The fourth-order valence-corrected chi connectivity index (χ4v) is 10.3. The van der Waals surface area contributed by atoms with Crippen LogP contribution in [0.2, 0.25) is 0 Å². The Labute approximate surface area is 349 Å². The molecule has 3 heterocycles. The number of hydrogen-bond donors (Lipinski definition) is 0. The van der Waals surface area contributed by atoms with Gasteiger partial charge in [0.05, 0.1) is 22.1 Å². The molecule has 0 radical (unpaired) electrons. The van der Waals surface area contributed by atoms with Crippen molar-refractivity contribution in [1.29, 1.82) is 0 Å². The average Bonchev–Trinajstić information content (AvgIpc) is 3.90. The minimum atomic E-state index is 0.0752. The van der Waals surface area contributed by atoms with Gasteiger partial charge in [-0.05, 0) is 111 Å². The summed E-state index contributed by atoms with van der Waals surface area (Å²) in [5.41, 5.74) is 15.1. The molecule has 2 nitrogen and oxygen atoms in total. The van der Waals surface area contributed by atoms with Crippen molar-refractivity contribution in [2.75, 3.05) is 0 Å². The second-order valence-corrected chi connectivity index (χ2v) is 19.3. The minimum absolute atomic E-state index is 0.0752. The predicted octanol–water partition coefficient (Wildman–Crippen LogP) is 16.2. The fraction of sp³-hybridized carbons (Fsp3) is 0.143. The molecule has 11 aromatic rings. The first-order valence-electron chi connectivity index (χ1n) is 20.8. The van der Waals surface area contributed by atoms with Crippen LogP contribution in [0.15, 0.2) is 170 Å². The molecule has 0 aliphatic carbocycles. The van der Waals surface area contributed by atoms with Crippen LogP contribution in [-0.2, 0) is 10.8 Å². The monoisotopic (exact) mass is 778 g/mol. The van der Waals surface area contributed by atoms with Crippen LogP contribution in [0, 0.1) is 0 Å². The first kappa shape index (κ1) is 35.7. The van der Waals surface area contributed by atoms with Crippen LogP contribution in [0.5, 0.6) is 0 Å². The highest BCUT2D eigenvalue weighted by molar-refractivity contribution is 7.26. The van der Waals surface area contributed by atoms with Crippen molar-refractivity contribution < 1.29 is 0 Å². The standard InChI is InChI=1S/C56H46N2S/c1-55(2,3)39-23-30-49-46(33-39)47-34-40(56(4,5)6)24-31-50(47)57(49)41-25-19-37(20-26-41)35-15-17-36(18-16-35)38-21-27-42(28-22-38)58-48-13-9-7-11-43(48)44-29-32-52-53(54(44)58)45-12-8-10-14-51(45)59-52/h7-34H,1-6H3. The van der Waals surface area contributed by atoms with E-state index in [4.69, 9.17) is 0 Å². The lowest BCUT2D eigenvalue weighted by Crippen LogP contribution is -2.10. The molecule has 0 spiro atoms. The van der Waals surface area contributed by atoms with E-state index < -0.39 is 0 Å². The smallest absolute Gasteiger partial charge is 0.0634 e. The highest BCUT2D eigenvalue weighted by atomic mass is 32.1. The van der Waals surface area contributed by atoms with Crippen LogP contribution >= 0.6 is 11.3 Å². The molecule has 8 aromatic carbocycles. The second kappa shape index (κ2) is 13.0. The summed E-state index contributed by atoms with van der Waals surface area (Å²) in [6, 6.07) is 63.5. The molecule has 0 saturated carbocycles. The van der Waals surface area contributed by atoms with Crippen molar-refractivity contribution in [1.82, 2.24) is 9.13 Å². The van der Waals surface area contributed by atoms with Gasteiger partial charge in [-0.1, -0.05) is 145 Å². The van der Waals surface area contributed by atoms with Gasteiger partial charge >= 0.3 is 0 Å². The van der Waals surface area contributed by atoms with E-state index in [0.29, 0.717) is 0 Å². The molecule has 0 saturated heterocycles. The van der Waals surface area contributed by atoms with Gasteiger partial charge in [0.25, 0.3) is 0 Å². The van der Waals surface area contributed by atoms with Crippen molar-refractivity contribution >= 4 is 75.1 Å². The van der Waals surface area contributed by atoms with Gasteiger partial charge in [0.1, 0.15) is 0 Å².